The first-order valence-corrected chi connectivity index (χ1v) is 11.1. The van der Waals surface area contributed by atoms with Crippen LogP contribution in [0, 0.1) is 6.92 Å². The van der Waals surface area contributed by atoms with Crippen LogP contribution in [-0.2, 0) is 22.6 Å². The van der Waals surface area contributed by atoms with E-state index in [4.69, 9.17) is 0 Å². The molecule has 1 unspecified atom stereocenters. The van der Waals surface area contributed by atoms with Gasteiger partial charge < -0.3 is 10.2 Å². The van der Waals surface area contributed by atoms with Gasteiger partial charge in [0.05, 0.1) is 6.42 Å². The molecular formula is C24H29BrN2O2. The highest BCUT2D eigenvalue weighted by molar-refractivity contribution is 9.10. The van der Waals surface area contributed by atoms with E-state index in [1.807, 2.05) is 62.4 Å². The standard InChI is InChI=1S/C24H29BrN2O2/c1-17-7-9-19(10-8-17)15-23(28)27(16-20-11-13-21(25)14-12-20)18(2)24(29)26-22-5-3-4-6-22/h7-14,18,22H,3-6,15-16H2,1-2H3,(H,26,29). The molecule has 0 bridgehead atoms. The number of amides is 2. The van der Waals surface area contributed by atoms with Gasteiger partial charge in [0.15, 0.2) is 0 Å². The summed E-state index contributed by atoms with van der Waals surface area (Å²) in [5, 5.41) is 3.14. The lowest BCUT2D eigenvalue weighted by atomic mass is 10.1. The van der Waals surface area contributed by atoms with E-state index < -0.39 is 6.04 Å². The van der Waals surface area contributed by atoms with Gasteiger partial charge in [0.2, 0.25) is 11.8 Å². The van der Waals surface area contributed by atoms with E-state index in [-0.39, 0.29) is 24.3 Å². The van der Waals surface area contributed by atoms with Crippen LogP contribution in [0.4, 0.5) is 0 Å². The fourth-order valence-electron chi connectivity index (χ4n) is 3.74. The van der Waals surface area contributed by atoms with Crippen LogP contribution in [0.25, 0.3) is 0 Å². The number of benzene rings is 2. The first kappa shape index (κ1) is 21.6. The topological polar surface area (TPSA) is 49.4 Å². The van der Waals surface area contributed by atoms with Crippen molar-refractivity contribution >= 4 is 27.7 Å². The van der Waals surface area contributed by atoms with E-state index in [0.717, 1.165) is 46.8 Å². The second kappa shape index (κ2) is 10.1. The second-order valence-corrected chi connectivity index (χ2v) is 8.89. The zero-order valence-corrected chi connectivity index (χ0v) is 18.7. The van der Waals surface area contributed by atoms with Gasteiger partial charge in [-0.3, -0.25) is 9.59 Å². The summed E-state index contributed by atoms with van der Waals surface area (Å²) in [5.74, 6) is -0.0999. The minimum Gasteiger partial charge on any atom is -0.352 e. The van der Waals surface area contributed by atoms with Crippen LogP contribution in [0.2, 0.25) is 0 Å². The number of nitrogens with zero attached hydrogens (tertiary/aromatic N) is 1. The predicted molar refractivity (Wildman–Crippen MR) is 119 cm³/mol. The summed E-state index contributed by atoms with van der Waals surface area (Å²) in [6.07, 6.45) is 4.67. The molecule has 1 aliphatic rings. The number of rotatable bonds is 7. The molecule has 0 saturated heterocycles. The van der Waals surface area contributed by atoms with Gasteiger partial charge in [0, 0.05) is 17.1 Å². The molecule has 2 aromatic rings. The van der Waals surface area contributed by atoms with E-state index in [1.165, 1.54) is 0 Å². The van der Waals surface area contributed by atoms with Crippen LogP contribution in [-0.4, -0.2) is 28.8 Å². The highest BCUT2D eigenvalue weighted by Crippen LogP contribution is 2.19. The lowest BCUT2D eigenvalue weighted by Crippen LogP contribution is -2.50. The Morgan fingerprint density at radius 2 is 1.62 bits per heavy atom. The highest BCUT2D eigenvalue weighted by Gasteiger charge is 2.28. The zero-order chi connectivity index (χ0) is 20.8. The molecule has 0 spiro atoms. The molecule has 0 radical (unpaired) electrons. The fraction of sp³-hybridized carbons (Fsp3) is 0.417. The molecule has 154 valence electrons. The first-order valence-electron chi connectivity index (χ1n) is 10.3. The molecule has 1 atom stereocenters. The monoisotopic (exact) mass is 456 g/mol. The predicted octanol–water partition coefficient (Wildman–Crippen LogP) is 4.78. The van der Waals surface area contributed by atoms with Gasteiger partial charge in [-0.15, -0.1) is 0 Å². The highest BCUT2D eigenvalue weighted by atomic mass is 79.9. The van der Waals surface area contributed by atoms with Crippen molar-refractivity contribution in [2.24, 2.45) is 0 Å². The number of hydrogen-bond acceptors (Lipinski definition) is 2. The van der Waals surface area contributed by atoms with E-state index in [1.54, 1.807) is 4.90 Å². The summed E-state index contributed by atoms with van der Waals surface area (Å²) in [5.41, 5.74) is 3.13. The van der Waals surface area contributed by atoms with Crippen molar-refractivity contribution in [2.75, 3.05) is 0 Å². The molecule has 0 heterocycles. The molecule has 4 nitrogen and oxygen atoms in total. The van der Waals surface area contributed by atoms with Gasteiger partial charge >= 0.3 is 0 Å². The number of carbonyl (C=O) groups is 2. The van der Waals surface area contributed by atoms with Crippen LogP contribution in [0.5, 0.6) is 0 Å². The van der Waals surface area contributed by atoms with Crippen LogP contribution in [0.1, 0.15) is 49.3 Å². The molecule has 0 aliphatic heterocycles. The quantitative estimate of drug-likeness (QED) is 0.651. The molecular weight excluding hydrogens is 428 g/mol. The van der Waals surface area contributed by atoms with Crippen molar-refractivity contribution < 1.29 is 9.59 Å². The molecule has 29 heavy (non-hydrogen) atoms. The summed E-state index contributed by atoms with van der Waals surface area (Å²) in [6.45, 7) is 4.27. The molecule has 1 N–H and O–H groups in total. The third-order valence-electron chi connectivity index (χ3n) is 5.61. The Morgan fingerprint density at radius 1 is 1.03 bits per heavy atom. The third kappa shape index (κ3) is 6.17. The maximum atomic E-state index is 13.2. The Labute approximate surface area is 181 Å². The molecule has 1 aliphatic carbocycles. The van der Waals surface area contributed by atoms with Crippen LogP contribution >= 0.6 is 15.9 Å². The lowest BCUT2D eigenvalue weighted by Gasteiger charge is -2.30. The summed E-state index contributed by atoms with van der Waals surface area (Å²) < 4.78 is 0.991. The van der Waals surface area contributed by atoms with Crippen LogP contribution < -0.4 is 5.32 Å². The molecule has 5 heteroatoms. The van der Waals surface area contributed by atoms with Crippen molar-refractivity contribution in [1.29, 1.82) is 0 Å². The minimum absolute atomic E-state index is 0.0363. The lowest BCUT2D eigenvalue weighted by molar-refractivity contribution is -0.140. The van der Waals surface area contributed by atoms with Crippen LogP contribution in [0.3, 0.4) is 0 Å². The van der Waals surface area contributed by atoms with Gasteiger partial charge in [-0.05, 0) is 49.9 Å². The molecule has 2 amide bonds. The summed E-state index contributed by atoms with van der Waals surface area (Å²) in [4.78, 5) is 27.8. The fourth-order valence-corrected chi connectivity index (χ4v) is 4.01. The average Bonchev–Trinajstić information content (AvgIpc) is 3.21. The van der Waals surface area contributed by atoms with Gasteiger partial charge in [0.1, 0.15) is 6.04 Å². The van der Waals surface area contributed by atoms with Crippen LogP contribution in [0.15, 0.2) is 53.0 Å². The van der Waals surface area contributed by atoms with Gasteiger partial charge in [0.25, 0.3) is 0 Å². The largest absolute Gasteiger partial charge is 0.352 e. The molecule has 2 aromatic carbocycles. The van der Waals surface area contributed by atoms with E-state index in [0.29, 0.717) is 6.54 Å². The average molecular weight is 457 g/mol. The smallest absolute Gasteiger partial charge is 0.242 e. The van der Waals surface area contributed by atoms with Crippen molar-refractivity contribution in [3.63, 3.8) is 0 Å². The number of halogens is 1. The third-order valence-corrected chi connectivity index (χ3v) is 6.14. The Balaban J connectivity index is 1.75. The summed E-state index contributed by atoms with van der Waals surface area (Å²) >= 11 is 3.45. The van der Waals surface area contributed by atoms with Gasteiger partial charge in [-0.1, -0.05) is 70.7 Å². The Bertz CT molecular complexity index is 827. The Morgan fingerprint density at radius 3 is 2.24 bits per heavy atom. The summed E-state index contributed by atoms with van der Waals surface area (Å²) in [7, 11) is 0. The minimum atomic E-state index is -0.516. The van der Waals surface area contributed by atoms with Gasteiger partial charge in [-0.25, -0.2) is 0 Å². The number of nitrogens with one attached hydrogen (secondary N) is 1. The SMILES string of the molecule is Cc1ccc(CC(=O)N(Cc2ccc(Br)cc2)C(C)C(=O)NC2CCCC2)cc1. The molecule has 1 fully saturated rings. The zero-order valence-electron chi connectivity index (χ0n) is 17.2. The molecule has 1 saturated carbocycles. The van der Waals surface area contributed by atoms with Crippen molar-refractivity contribution in [3.8, 4) is 0 Å². The van der Waals surface area contributed by atoms with Gasteiger partial charge in [-0.2, -0.15) is 0 Å². The second-order valence-electron chi connectivity index (χ2n) is 7.98. The molecule has 0 aromatic heterocycles. The van der Waals surface area contributed by atoms with E-state index in [2.05, 4.69) is 21.2 Å². The maximum absolute atomic E-state index is 13.2. The maximum Gasteiger partial charge on any atom is 0.242 e. The van der Waals surface area contributed by atoms with E-state index >= 15 is 0 Å². The normalized spacial score (nSPS) is 15.1. The first-order chi connectivity index (χ1) is 13.9. The number of hydrogen-bond donors (Lipinski definition) is 1. The van der Waals surface area contributed by atoms with Crippen molar-refractivity contribution in [3.05, 3.63) is 69.7 Å². The Hall–Kier alpha value is -2.14. The summed E-state index contributed by atoms with van der Waals surface area (Å²) in [6, 6.07) is 15.6. The number of carbonyl (C=O) groups excluding carboxylic acids is 2. The Kier molecular flexibility index (Phi) is 7.48. The molecule has 3 rings (SSSR count). The van der Waals surface area contributed by atoms with E-state index in [9.17, 15) is 9.59 Å². The number of aryl methyl sites for hydroxylation is 1. The van der Waals surface area contributed by atoms with Crippen molar-refractivity contribution in [1.82, 2.24) is 10.2 Å². The van der Waals surface area contributed by atoms with Crippen molar-refractivity contribution in [2.45, 2.75) is 64.6 Å².